The van der Waals surface area contributed by atoms with Crippen LogP contribution < -0.4 is 5.32 Å². The van der Waals surface area contributed by atoms with Gasteiger partial charge >= 0.3 is 0 Å². The van der Waals surface area contributed by atoms with Gasteiger partial charge in [0.05, 0.1) is 22.5 Å². The lowest BCUT2D eigenvalue weighted by Crippen LogP contribution is -2.32. The van der Waals surface area contributed by atoms with Crippen molar-refractivity contribution < 1.29 is 13.2 Å². The molecular formula is C14H19N3O3S2. The average molecular weight is 341 g/mol. The Hall–Kier alpha value is -1.54. The quantitative estimate of drug-likeness (QED) is 0.814. The van der Waals surface area contributed by atoms with E-state index in [1.165, 1.54) is 0 Å². The highest BCUT2D eigenvalue weighted by Gasteiger charge is 2.13. The fourth-order valence-electron chi connectivity index (χ4n) is 2.12. The van der Waals surface area contributed by atoms with E-state index in [4.69, 9.17) is 0 Å². The minimum absolute atomic E-state index is 0.0545. The number of carbonyl (C=O) groups excluding carboxylic acids is 1. The standard InChI is InChI=1S/C14H19N3O3S2/c1-21-10-13-16-11-5-3-4-6-12(11)17(13)9-14(18)15-7-8-22(2,19)20/h3-6H,7-10H2,1-2H3,(H,15,18). The molecule has 1 amide bonds. The molecule has 6 nitrogen and oxygen atoms in total. The van der Waals surface area contributed by atoms with Gasteiger partial charge in [-0.2, -0.15) is 11.8 Å². The Bertz CT molecular complexity index is 769. The van der Waals surface area contributed by atoms with Crippen molar-refractivity contribution in [1.82, 2.24) is 14.9 Å². The number of benzene rings is 1. The fraction of sp³-hybridized carbons (Fsp3) is 0.429. The minimum Gasteiger partial charge on any atom is -0.354 e. The Kier molecular flexibility index (Phi) is 5.47. The van der Waals surface area contributed by atoms with Gasteiger partial charge in [-0.1, -0.05) is 12.1 Å². The number of aromatic nitrogens is 2. The predicted octanol–water partition coefficient (Wildman–Crippen LogP) is 1.06. The lowest BCUT2D eigenvalue weighted by molar-refractivity contribution is -0.121. The molecule has 2 aromatic rings. The SMILES string of the molecule is CSCc1nc2ccccc2n1CC(=O)NCCS(C)(=O)=O. The van der Waals surface area contributed by atoms with Crippen LogP contribution in [0.1, 0.15) is 5.82 Å². The molecule has 0 saturated carbocycles. The first-order chi connectivity index (χ1) is 10.4. The molecule has 0 saturated heterocycles. The zero-order valence-electron chi connectivity index (χ0n) is 12.6. The van der Waals surface area contributed by atoms with Crippen LogP contribution in [0.15, 0.2) is 24.3 Å². The topological polar surface area (TPSA) is 81.1 Å². The summed E-state index contributed by atoms with van der Waals surface area (Å²) in [6, 6.07) is 7.66. The summed E-state index contributed by atoms with van der Waals surface area (Å²) < 4.78 is 24.0. The highest BCUT2D eigenvalue weighted by Crippen LogP contribution is 2.18. The number of fused-ring (bicyclic) bond motifs is 1. The van der Waals surface area contributed by atoms with E-state index in [-0.39, 0.29) is 24.7 Å². The van der Waals surface area contributed by atoms with Gasteiger partial charge in [-0.05, 0) is 18.4 Å². The van der Waals surface area contributed by atoms with E-state index in [0.29, 0.717) is 5.75 Å². The molecular weight excluding hydrogens is 322 g/mol. The number of hydrogen-bond acceptors (Lipinski definition) is 5. The molecule has 22 heavy (non-hydrogen) atoms. The summed E-state index contributed by atoms with van der Waals surface area (Å²) in [5.74, 6) is 1.29. The number of thioether (sulfide) groups is 1. The maximum absolute atomic E-state index is 12.0. The van der Waals surface area contributed by atoms with Gasteiger partial charge in [-0.25, -0.2) is 13.4 Å². The highest BCUT2D eigenvalue weighted by atomic mass is 32.2. The van der Waals surface area contributed by atoms with E-state index < -0.39 is 9.84 Å². The number of hydrogen-bond donors (Lipinski definition) is 1. The van der Waals surface area contributed by atoms with Gasteiger partial charge in [0, 0.05) is 12.8 Å². The number of para-hydroxylation sites is 2. The average Bonchev–Trinajstić information content (AvgIpc) is 2.76. The van der Waals surface area contributed by atoms with Gasteiger partial charge in [-0.15, -0.1) is 0 Å². The minimum atomic E-state index is -3.07. The molecule has 0 aliphatic carbocycles. The zero-order chi connectivity index (χ0) is 16.2. The third kappa shape index (κ3) is 4.48. The molecule has 1 N–H and O–H groups in total. The van der Waals surface area contributed by atoms with E-state index in [1.807, 2.05) is 35.1 Å². The Morgan fingerprint density at radius 2 is 2.09 bits per heavy atom. The monoisotopic (exact) mass is 341 g/mol. The Morgan fingerprint density at radius 3 is 2.77 bits per heavy atom. The van der Waals surface area contributed by atoms with Gasteiger partial charge in [0.15, 0.2) is 0 Å². The Labute approximate surface area is 134 Å². The summed E-state index contributed by atoms with van der Waals surface area (Å²) in [7, 11) is -3.07. The van der Waals surface area contributed by atoms with Crippen LogP contribution in [0.25, 0.3) is 11.0 Å². The van der Waals surface area contributed by atoms with Gasteiger partial charge in [-0.3, -0.25) is 4.79 Å². The Morgan fingerprint density at radius 1 is 1.36 bits per heavy atom. The zero-order valence-corrected chi connectivity index (χ0v) is 14.2. The molecule has 0 spiro atoms. The summed E-state index contributed by atoms with van der Waals surface area (Å²) in [5.41, 5.74) is 1.76. The summed E-state index contributed by atoms with van der Waals surface area (Å²) in [4.78, 5) is 16.6. The van der Waals surface area contributed by atoms with Crippen LogP contribution >= 0.6 is 11.8 Å². The fourth-order valence-corrected chi connectivity index (χ4v) is 3.07. The molecule has 0 atom stereocenters. The van der Waals surface area contributed by atoms with Crippen LogP contribution in [0.3, 0.4) is 0 Å². The summed E-state index contributed by atoms with van der Waals surface area (Å²) >= 11 is 1.64. The highest BCUT2D eigenvalue weighted by molar-refractivity contribution is 7.97. The summed E-state index contributed by atoms with van der Waals surface area (Å²) in [6.07, 6.45) is 3.13. The lowest BCUT2D eigenvalue weighted by atomic mass is 10.3. The van der Waals surface area contributed by atoms with Crippen molar-refractivity contribution >= 4 is 38.5 Å². The lowest BCUT2D eigenvalue weighted by Gasteiger charge is -2.09. The molecule has 0 unspecified atom stereocenters. The molecule has 0 aliphatic rings. The summed E-state index contributed by atoms with van der Waals surface area (Å²) in [6.45, 7) is 0.266. The molecule has 1 aromatic heterocycles. The second kappa shape index (κ2) is 7.15. The van der Waals surface area contributed by atoms with Gasteiger partial charge in [0.25, 0.3) is 0 Å². The van der Waals surface area contributed by atoms with Crippen LogP contribution in [-0.2, 0) is 26.9 Å². The van der Waals surface area contributed by atoms with Crippen LogP contribution in [0, 0.1) is 0 Å². The number of sulfone groups is 1. The third-order valence-corrected chi connectivity index (χ3v) is 4.60. The van der Waals surface area contributed by atoms with Gasteiger partial charge in [0.1, 0.15) is 22.2 Å². The van der Waals surface area contributed by atoms with Crippen molar-refractivity contribution in [3.63, 3.8) is 0 Å². The first kappa shape index (κ1) is 16.8. The van der Waals surface area contributed by atoms with Crippen LogP contribution in [0.2, 0.25) is 0 Å². The maximum Gasteiger partial charge on any atom is 0.240 e. The number of rotatable bonds is 7. The van der Waals surface area contributed by atoms with Crippen molar-refractivity contribution in [1.29, 1.82) is 0 Å². The number of imidazole rings is 1. The molecule has 2 rings (SSSR count). The normalized spacial score (nSPS) is 11.7. The molecule has 0 fully saturated rings. The van der Waals surface area contributed by atoms with E-state index in [1.54, 1.807) is 11.8 Å². The van der Waals surface area contributed by atoms with E-state index in [9.17, 15) is 13.2 Å². The molecule has 120 valence electrons. The third-order valence-electron chi connectivity index (χ3n) is 3.10. The smallest absolute Gasteiger partial charge is 0.240 e. The van der Waals surface area contributed by atoms with Crippen molar-refractivity contribution in [2.24, 2.45) is 0 Å². The maximum atomic E-state index is 12.0. The van der Waals surface area contributed by atoms with Crippen LogP contribution in [0.5, 0.6) is 0 Å². The van der Waals surface area contributed by atoms with Gasteiger partial charge < -0.3 is 9.88 Å². The molecule has 0 aliphatic heterocycles. The van der Waals surface area contributed by atoms with Crippen molar-refractivity contribution in [3.05, 3.63) is 30.1 Å². The second-order valence-corrected chi connectivity index (χ2v) is 8.14. The van der Waals surface area contributed by atoms with Gasteiger partial charge in [0.2, 0.25) is 5.91 Å². The molecule has 1 heterocycles. The van der Waals surface area contributed by atoms with Crippen molar-refractivity contribution in [2.75, 3.05) is 24.8 Å². The first-order valence-electron chi connectivity index (χ1n) is 6.78. The molecule has 8 heteroatoms. The number of nitrogens with zero attached hydrogens (tertiary/aromatic N) is 2. The van der Waals surface area contributed by atoms with E-state index in [0.717, 1.165) is 23.1 Å². The largest absolute Gasteiger partial charge is 0.354 e. The molecule has 1 aromatic carbocycles. The van der Waals surface area contributed by atoms with Crippen molar-refractivity contribution in [2.45, 2.75) is 12.3 Å². The second-order valence-electron chi connectivity index (χ2n) is 5.02. The predicted molar refractivity (Wildman–Crippen MR) is 89.7 cm³/mol. The van der Waals surface area contributed by atoms with Crippen molar-refractivity contribution in [3.8, 4) is 0 Å². The van der Waals surface area contributed by atoms with E-state index in [2.05, 4.69) is 10.3 Å². The number of carbonyl (C=O) groups is 1. The van der Waals surface area contributed by atoms with E-state index >= 15 is 0 Å². The van der Waals surface area contributed by atoms with Crippen LogP contribution in [0.4, 0.5) is 0 Å². The molecule has 0 bridgehead atoms. The molecule has 0 radical (unpaired) electrons. The Balaban J connectivity index is 2.12. The van der Waals surface area contributed by atoms with Crippen LogP contribution in [-0.4, -0.2) is 48.7 Å². The summed E-state index contributed by atoms with van der Waals surface area (Å²) in [5, 5.41) is 2.64. The number of nitrogens with one attached hydrogen (secondary N) is 1. The first-order valence-corrected chi connectivity index (χ1v) is 10.2. The number of amides is 1.